The zero-order valence-corrected chi connectivity index (χ0v) is 16.1. The van der Waals surface area contributed by atoms with Crippen molar-refractivity contribution in [1.29, 1.82) is 0 Å². The summed E-state index contributed by atoms with van der Waals surface area (Å²) in [5, 5.41) is 0. The number of nitrogens with two attached hydrogens (primary N) is 1. The minimum atomic E-state index is -0.406. The SMILES string of the molecule is COc1nc2c(cc1C(=O)N1CCC[C@H](c3nccn3CC(N)=O)C1)CCC2. The van der Waals surface area contributed by atoms with Gasteiger partial charge in [-0.2, -0.15) is 0 Å². The van der Waals surface area contributed by atoms with E-state index in [9.17, 15) is 9.59 Å². The molecule has 0 bridgehead atoms. The minimum absolute atomic E-state index is 0.0586. The average molecular weight is 383 g/mol. The molecular formula is C20H25N5O3. The minimum Gasteiger partial charge on any atom is -0.480 e. The summed E-state index contributed by atoms with van der Waals surface area (Å²) in [6.45, 7) is 1.34. The molecule has 2 aliphatic rings. The van der Waals surface area contributed by atoms with E-state index in [1.165, 1.54) is 0 Å². The molecule has 148 valence electrons. The first-order valence-electron chi connectivity index (χ1n) is 9.72. The highest BCUT2D eigenvalue weighted by Crippen LogP contribution is 2.30. The predicted molar refractivity (Wildman–Crippen MR) is 102 cm³/mol. The first-order valence-corrected chi connectivity index (χ1v) is 9.72. The molecule has 1 saturated heterocycles. The van der Waals surface area contributed by atoms with E-state index >= 15 is 0 Å². The monoisotopic (exact) mass is 383 g/mol. The standard InChI is InChI=1S/C20H25N5O3/c1-28-19-15(10-13-4-2-6-16(13)23-19)20(27)25-8-3-5-14(11-25)18-22-7-9-24(18)12-17(21)26/h7,9-10,14H,2-6,8,11-12H2,1H3,(H2,21,26)/t14-/m0/s1. The number of carbonyl (C=O) groups is 2. The van der Waals surface area contributed by atoms with Crippen LogP contribution in [0.25, 0.3) is 0 Å². The predicted octanol–water partition coefficient (Wildman–Crippen LogP) is 1.28. The van der Waals surface area contributed by atoms with E-state index in [4.69, 9.17) is 10.5 Å². The molecule has 1 atom stereocenters. The number of pyridine rings is 1. The maximum atomic E-state index is 13.3. The molecule has 1 fully saturated rings. The van der Waals surface area contributed by atoms with Crippen molar-refractivity contribution < 1.29 is 14.3 Å². The number of hydrogen-bond acceptors (Lipinski definition) is 5. The fourth-order valence-corrected chi connectivity index (χ4v) is 4.29. The Kier molecular flexibility index (Phi) is 5.02. The van der Waals surface area contributed by atoms with Crippen molar-refractivity contribution in [3.8, 4) is 5.88 Å². The first kappa shape index (κ1) is 18.5. The third-order valence-corrected chi connectivity index (χ3v) is 5.59. The maximum absolute atomic E-state index is 13.3. The lowest BCUT2D eigenvalue weighted by Crippen LogP contribution is -2.40. The number of fused-ring (bicyclic) bond motifs is 1. The van der Waals surface area contributed by atoms with Gasteiger partial charge in [0.15, 0.2) is 0 Å². The van der Waals surface area contributed by atoms with E-state index in [0.29, 0.717) is 24.5 Å². The summed E-state index contributed by atoms with van der Waals surface area (Å²) in [6, 6.07) is 1.95. The molecule has 1 aliphatic heterocycles. The number of piperidine rings is 1. The van der Waals surface area contributed by atoms with Gasteiger partial charge in [-0.25, -0.2) is 9.97 Å². The number of aromatic nitrogens is 3. The van der Waals surface area contributed by atoms with Crippen molar-refractivity contribution in [2.75, 3.05) is 20.2 Å². The maximum Gasteiger partial charge on any atom is 0.259 e. The summed E-state index contributed by atoms with van der Waals surface area (Å²) in [4.78, 5) is 35.4. The molecule has 2 amide bonds. The summed E-state index contributed by atoms with van der Waals surface area (Å²) in [7, 11) is 1.56. The van der Waals surface area contributed by atoms with Crippen LogP contribution in [0.1, 0.15) is 52.6 Å². The fraction of sp³-hybridized carbons (Fsp3) is 0.500. The number of ether oxygens (including phenoxy) is 1. The Balaban J connectivity index is 1.56. The number of nitrogens with zero attached hydrogens (tertiary/aromatic N) is 4. The van der Waals surface area contributed by atoms with E-state index in [1.54, 1.807) is 24.1 Å². The molecular weight excluding hydrogens is 358 g/mol. The van der Waals surface area contributed by atoms with Crippen LogP contribution in [0.3, 0.4) is 0 Å². The van der Waals surface area contributed by atoms with Crippen LogP contribution in [0.4, 0.5) is 0 Å². The normalized spacial score (nSPS) is 18.8. The Bertz CT molecular complexity index is 907. The van der Waals surface area contributed by atoms with E-state index in [0.717, 1.165) is 49.2 Å². The zero-order chi connectivity index (χ0) is 19.7. The van der Waals surface area contributed by atoms with Crippen molar-refractivity contribution in [3.05, 3.63) is 41.1 Å². The lowest BCUT2D eigenvalue weighted by Gasteiger charge is -2.33. The zero-order valence-electron chi connectivity index (χ0n) is 16.1. The van der Waals surface area contributed by atoms with Gasteiger partial charge in [-0.15, -0.1) is 0 Å². The number of amides is 2. The van der Waals surface area contributed by atoms with Gasteiger partial charge < -0.3 is 19.9 Å². The van der Waals surface area contributed by atoms with E-state index in [-0.39, 0.29) is 18.4 Å². The average Bonchev–Trinajstić information content (AvgIpc) is 3.34. The number of primary amides is 1. The number of aryl methyl sites for hydroxylation is 2. The molecule has 0 aromatic carbocycles. The van der Waals surface area contributed by atoms with Crippen LogP contribution in [0.5, 0.6) is 5.88 Å². The van der Waals surface area contributed by atoms with Crippen molar-refractivity contribution in [1.82, 2.24) is 19.4 Å². The molecule has 2 aromatic heterocycles. The molecule has 4 rings (SSSR count). The molecule has 1 aliphatic carbocycles. The largest absolute Gasteiger partial charge is 0.480 e. The van der Waals surface area contributed by atoms with Crippen molar-refractivity contribution in [3.63, 3.8) is 0 Å². The van der Waals surface area contributed by atoms with Gasteiger partial charge in [0.25, 0.3) is 5.91 Å². The Morgan fingerprint density at radius 1 is 1.32 bits per heavy atom. The first-order chi connectivity index (χ1) is 13.6. The number of carbonyl (C=O) groups excluding carboxylic acids is 2. The summed E-state index contributed by atoms with van der Waals surface area (Å²) >= 11 is 0. The van der Waals surface area contributed by atoms with Crippen LogP contribution >= 0.6 is 0 Å². The molecule has 0 radical (unpaired) electrons. The number of rotatable bonds is 5. The van der Waals surface area contributed by atoms with Gasteiger partial charge in [0.2, 0.25) is 11.8 Å². The Labute approximate surface area is 163 Å². The molecule has 3 heterocycles. The molecule has 2 N–H and O–H groups in total. The van der Waals surface area contributed by atoms with Gasteiger partial charge in [-0.1, -0.05) is 0 Å². The van der Waals surface area contributed by atoms with Crippen LogP contribution in [-0.4, -0.2) is 51.4 Å². The van der Waals surface area contributed by atoms with Gasteiger partial charge in [0.1, 0.15) is 17.9 Å². The smallest absolute Gasteiger partial charge is 0.259 e. The van der Waals surface area contributed by atoms with Gasteiger partial charge in [-0.05, 0) is 43.7 Å². The molecule has 8 nitrogen and oxygen atoms in total. The molecule has 0 saturated carbocycles. The third kappa shape index (κ3) is 3.46. The second-order valence-corrected chi connectivity index (χ2v) is 7.47. The van der Waals surface area contributed by atoms with Crippen molar-refractivity contribution in [2.45, 2.75) is 44.6 Å². The van der Waals surface area contributed by atoms with Gasteiger partial charge >= 0.3 is 0 Å². The van der Waals surface area contributed by atoms with Gasteiger partial charge in [-0.3, -0.25) is 9.59 Å². The van der Waals surface area contributed by atoms with Crippen LogP contribution in [0.2, 0.25) is 0 Å². The highest BCUT2D eigenvalue weighted by molar-refractivity contribution is 5.96. The van der Waals surface area contributed by atoms with Crippen LogP contribution in [-0.2, 0) is 24.2 Å². The molecule has 8 heteroatoms. The van der Waals surface area contributed by atoms with Gasteiger partial charge in [0.05, 0.1) is 7.11 Å². The quantitative estimate of drug-likeness (QED) is 0.838. The second-order valence-electron chi connectivity index (χ2n) is 7.47. The van der Waals surface area contributed by atoms with Crippen LogP contribution in [0.15, 0.2) is 18.5 Å². The summed E-state index contributed by atoms with van der Waals surface area (Å²) in [6.07, 6.45) is 8.19. The lowest BCUT2D eigenvalue weighted by molar-refractivity contribution is -0.118. The summed E-state index contributed by atoms with van der Waals surface area (Å²) in [5.41, 5.74) is 8.06. The topological polar surface area (TPSA) is 103 Å². The fourth-order valence-electron chi connectivity index (χ4n) is 4.29. The Hall–Kier alpha value is -2.90. The molecule has 0 spiro atoms. The number of methoxy groups -OCH3 is 1. The molecule has 0 unspecified atom stereocenters. The summed E-state index contributed by atoms with van der Waals surface area (Å²) in [5.74, 6) is 0.812. The number of likely N-dealkylation sites (tertiary alicyclic amines) is 1. The Morgan fingerprint density at radius 2 is 2.18 bits per heavy atom. The molecule has 2 aromatic rings. The van der Waals surface area contributed by atoms with Crippen LogP contribution < -0.4 is 10.5 Å². The third-order valence-electron chi connectivity index (χ3n) is 5.59. The van der Waals surface area contributed by atoms with Crippen molar-refractivity contribution >= 4 is 11.8 Å². The summed E-state index contributed by atoms with van der Waals surface area (Å²) < 4.78 is 7.19. The molecule has 28 heavy (non-hydrogen) atoms. The Morgan fingerprint density at radius 3 is 2.96 bits per heavy atom. The van der Waals surface area contributed by atoms with Crippen LogP contribution in [0, 0.1) is 0 Å². The highest BCUT2D eigenvalue weighted by atomic mass is 16.5. The van der Waals surface area contributed by atoms with E-state index < -0.39 is 5.91 Å². The lowest BCUT2D eigenvalue weighted by atomic mass is 9.96. The highest BCUT2D eigenvalue weighted by Gasteiger charge is 2.30. The number of imidazole rings is 1. The van der Waals surface area contributed by atoms with E-state index in [2.05, 4.69) is 9.97 Å². The van der Waals surface area contributed by atoms with E-state index in [1.807, 2.05) is 11.0 Å². The second kappa shape index (κ2) is 7.61. The van der Waals surface area contributed by atoms with Gasteiger partial charge in [0, 0.05) is 37.1 Å². The number of hydrogen-bond donors (Lipinski definition) is 1. The van der Waals surface area contributed by atoms with Crippen molar-refractivity contribution in [2.24, 2.45) is 5.73 Å².